The van der Waals surface area contributed by atoms with Crippen LogP contribution in [0.25, 0.3) is 0 Å². The predicted molar refractivity (Wildman–Crippen MR) is 75.1 cm³/mol. The Morgan fingerprint density at radius 2 is 1.95 bits per heavy atom. The molecule has 1 heterocycles. The molecule has 6 nitrogen and oxygen atoms in total. The van der Waals surface area contributed by atoms with Crippen LogP contribution in [-0.2, 0) is 23.8 Å². The van der Waals surface area contributed by atoms with Gasteiger partial charge in [-0.05, 0) is 19.9 Å². The number of ether oxygens (including phenoxy) is 1. The second kappa shape index (κ2) is 9.31. The average molecular weight is 319 g/mol. The molecule has 1 fully saturated rings. The van der Waals surface area contributed by atoms with Crippen LogP contribution in [0, 0.1) is 0 Å². The van der Waals surface area contributed by atoms with Crippen LogP contribution in [0.4, 0.5) is 0 Å². The van der Waals surface area contributed by atoms with Crippen molar-refractivity contribution < 1.29 is 22.1 Å². The third-order valence-corrected chi connectivity index (χ3v) is 3.72. The van der Waals surface area contributed by atoms with E-state index in [9.17, 15) is 13.2 Å². The zero-order valence-corrected chi connectivity index (χ0v) is 11.4. The minimum atomic E-state index is -3.79. The molecule has 0 N–H and O–H groups in total. The summed E-state index contributed by atoms with van der Waals surface area (Å²) < 4.78 is 32.5. The SMILES string of the molecule is C=C(C)C(=O)OS(=O)(=O)CCCN1CCOCC1.[CaH2]. The summed E-state index contributed by atoms with van der Waals surface area (Å²) in [5.41, 5.74) is 0.0757. The van der Waals surface area contributed by atoms with Crippen LogP contribution in [0.3, 0.4) is 0 Å². The van der Waals surface area contributed by atoms with Gasteiger partial charge in [-0.15, -0.1) is 0 Å². The monoisotopic (exact) mass is 319 g/mol. The fraction of sp³-hybridized carbons (Fsp3) is 0.727. The normalized spacial score (nSPS) is 16.5. The van der Waals surface area contributed by atoms with Crippen LogP contribution >= 0.6 is 0 Å². The first-order valence-electron chi connectivity index (χ1n) is 5.83. The maximum atomic E-state index is 11.5. The van der Waals surface area contributed by atoms with Crippen molar-refractivity contribution in [2.24, 2.45) is 0 Å². The number of rotatable bonds is 6. The van der Waals surface area contributed by atoms with Gasteiger partial charge in [0.15, 0.2) is 0 Å². The predicted octanol–water partition coefficient (Wildman–Crippen LogP) is -0.758. The van der Waals surface area contributed by atoms with Gasteiger partial charge in [0.1, 0.15) is 0 Å². The molecule has 1 aliphatic rings. The maximum absolute atomic E-state index is 11.5. The van der Waals surface area contributed by atoms with E-state index < -0.39 is 16.1 Å². The van der Waals surface area contributed by atoms with Crippen molar-refractivity contribution >= 4 is 53.8 Å². The van der Waals surface area contributed by atoms with E-state index in [2.05, 4.69) is 15.7 Å². The number of carbonyl (C=O) groups is 1. The molecule has 1 saturated heterocycles. The summed E-state index contributed by atoms with van der Waals surface area (Å²) in [6.45, 7) is 8.38. The van der Waals surface area contributed by atoms with Gasteiger partial charge in [-0.25, -0.2) is 4.79 Å². The zero-order valence-electron chi connectivity index (χ0n) is 10.6. The van der Waals surface area contributed by atoms with Crippen LogP contribution < -0.4 is 0 Å². The van der Waals surface area contributed by atoms with Crippen LogP contribution in [0.15, 0.2) is 12.2 Å². The fourth-order valence-corrected chi connectivity index (χ4v) is 2.46. The summed E-state index contributed by atoms with van der Waals surface area (Å²) in [6.07, 6.45) is 0.436. The second-order valence-electron chi connectivity index (χ2n) is 4.22. The van der Waals surface area contributed by atoms with E-state index in [-0.39, 0.29) is 49.1 Å². The first kappa shape index (κ1) is 19.3. The van der Waals surface area contributed by atoms with E-state index in [0.29, 0.717) is 26.2 Å². The molecule has 0 unspecified atom stereocenters. The molecule has 0 aliphatic carbocycles. The Morgan fingerprint density at radius 3 is 2.47 bits per heavy atom. The third-order valence-electron chi connectivity index (χ3n) is 2.52. The molecule has 0 aromatic heterocycles. The Bertz CT molecular complexity index is 403. The van der Waals surface area contributed by atoms with E-state index in [4.69, 9.17) is 4.74 Å². The van der Waals surface area contributed by atoms with Gasteiger partial charge in [-0.1, -0.05) is 6.58 Å². The van der Waals surface area contributed by atoms with Crippen LogP contribution in [0.1, 0.15) is 13.3 Å². The molecule has 108 valence electrons. The fourth-order valence-electron chi connectivity index (χ4n) is 1.52. The Morgan fingerprint density at radius 1 is 1.37 bits per heavy atom. The van der Waals surface area contributed by atoms with E-state index in [1.54, 1.807) is 0 Å². The molecule has 19 heavy (non-hydrogen) atoms. The van der Waals surface area contributed by atoms with Crippen molar-refractivity contribution in [2.75, 3.05) is 38.6 Å². The topological polar surface area (TPSA) is 72.9 Å². The molecule has 0 bridgehead atoms. The summed E-state index contributed by atoms with van der Waals surface area (Å²) in [5.74, 6) is -1.05. The molecule has 0 spiro atoms. The Hall–Kier alpha value is 0.340. The van der Waals surface area contributed by atoms with Gasteiger partial charge in [-0.2, -0.15) is 8.42 Å². The molecule has 1 aliphatic heterocycles. The number of nitrogens with zero attached hydrogens (tertiary/aromatic N) is 1. The van der Waals surface area contributed by atoms with Gasteiger partial charge < -0.3 is 8.92 Å². The first-order valence-corrected chi connectivity index (χ1v) is 7.40. The molecule has 0 radical (unpaired) electrons. The molecule has 0 aromatic carbocycles. The molecule has 8 heteroatoms. The molecular formula is C11H21CaNO5S. The summed E-state index contributed by atoms with van der Waals surface area (Å²) in [7, 11) is -3.79. The third kappa shape index (κ3) is 8.27. The number of carbonyl (C=O) groups excluding carboxylic acids is 1. The average Bonchev–Trinajstić information content (AvgIpc) is 2.29. The summed E-state index contributed by atoms with van der Waals surface area (Å²) >= 11 is 0. The summed E-state index contributed by atoms with van der Waals surface area (Å²) in [4.78, 5) is 13.2. The molecule has 0 atom stereocenters. The number of hydrogen-bond acceptors (Lipinski definition) is 6. The van der Waals surface area contributed by atoms with Gasteiger partial charge >= 0.3 is 53.8 Å². The van der Waals surface area contributed by atoms with Crippen molar-refractivity contribution in [1.29, 1.82) is 0 Å². The van der Waals surface area contributed by atoms with E-state index in [0.717, 1.165) is 13.1 Å². The molecular weight excluding hydrogens is 298 g/mol. The van der Waals surface area contributed by atoms with Crippen molar-refractivity contribution in [1.82, 2.24) is 4.90 Å². The minimum absolute atomic E-state index is 0. The molecule has 0 aromatic rings. The summed E-state index contributed by atoms with van der Waals surface area (Å²) in [6, 6.07) is 0. The standard InChI is InChI=1S/C11H19NO5S.Ca.2H/c1-10(2)11(13)17-18(14,15)9-3-4-12-5-7-16-8-6-12;;;/h1,3-9H2,2H3;;;. The van der Waals surface area contributed by atoms with E-state index in [1.165, 1.54) is 6.92 Å². The zero-order chi connectivity index (χ0) is 13.6. The van der Waals surface area contributed by atoms with Crippen LogP contribution in [0.2, 0.25) is 0 Å². The number of hydrogen-bond donors (Lipinski definition) is 0. The molecule has 0 saturated carbocycles. The van der Waals surface area contributed by atoms with Gasteiger partial charge in [0.2, 0.25) is 0 Å². The van der Waals surface area contributed by atoms with Gasteiger partial charge in [0.05, 0.1) is 19.0 Å². The second-order valence-corrected chi connectivity index (χ2v) is 5.91. The number of morpholine rings is 1. The van der Waals surface area contributed by atoms with Crippen LogP contribution in [-0.4, -0.2) is 95.6 Å². The Kier molecular flexibility index (Phi) is 9.47. The van der Waals surface area contributed by atoms with Crippen LogP contribution in [0.5, 0.6) is 0 Å². The Balaban J connectivity index is 0.00000324. The van der Waals surface area contributed by atoms with Crippen molar-refractivity contribution in [3.63, 3.8) is 0 Å². The van der Waals surface area contributed by atoms with E-state index >= 15 is 0 Å². The molecule has 1 rings (SSSR count). The Labute approximate surface area is 144 Å². The summed E-state index contributed by atoms with van der Waals surface area (Å²) in [5, 5.41) is 0. The van der Waals surface area contributed by atoms with E-state index in [1.807, 2.05) is 0 Å². The van der Waals surface area contributed by atoms with Gasteiger partial charge in [0, 0.05) is 18.7 Å². The van der Waals surface area contributed by atoms with Gasteiger partial charge in [-0.3, -0.25) is 4.90 Å². The quantitative estimate of drug-likeness (QED) is 0.364. The first-order chi connectivity index (χ1) is 8.41. The van der Waals surface area contributed by atoms with Crippen molar-refractivity contribution in [2.45, 2.75) is 13.3 Å². The molecule has 0 amide bonds. The van der Waals surface area contributed by atoms with Gasteiger partial charge in [0.25, 0.3) is 0 Å². The van der Waals surface area contributed by atoms with Crippen molar-refractivity contribution in [3.05, 3.63) is 12.2 Å². The van der Waals surface area contributed by atoms with Crippen molar-refractivity contribution in [3.8, 4) is 0 Å².